The molecule has 0 bridgehead atoms. The van der Waals surface area contributed by atoms with Crippen LogP contribution in [0, 0.1) is 0 Å². The maximum absolute atomic E-state index is 6.69. The molecular formula is C45H29N3O. The summed E-state index contributed by atoms with van der Waals surface area (Å²) in [5, 5.41) is 6.84. The Kier molecular flexibility index (Phi) is 6.28. The molecular weight excluding hydrogens is 599 g/mol. The molecule has 10 rings (SSSR count). The molecule has 0 atom stereocenters. The van der Waals surface area contributed by atoms with Gasteiger partial charge >= 0.3 is 0 Å². The molecule has 2 aromatic heterocycles. The van der Waals surface area contributed by atoms with E-state index < -0.39 is 0 Å². The van der Waals surface area contributed by atoms with E-state index in [-0.39, 0.29) is 0 Å². The maximum atomic E-state index is 6.69. The van der Waals surface area contributed by atoms with E-state index in [1.165, 1.54) is 38.2 Å². The molecule has 4 heteroatoms. The molecule has 0 fully saturated rings. The fourth-order valence-corrected chi connectivity index (χ4v) is 7.39. The van der Waals surface area contributed by atoms with E-state index in [0.717, 1.165) is 57.0 Å². The molecule has 1 aliphatic rings. The first-order chi connectivity index (χ1) is 24.3. The van der Waals surface area contributed by atoms with Gasteiger partial charge in [-0.25, -0.2) is 15.0 Å². The smallest absolute Gasteiger partial charge is 0.164 e. The standard InChI is InChI=1S/C45H29N3O/c1-2-12-31(13-3-1)43-46-44(34-23-21-30-20-19-29-11-6-7-15-35(29)39(30)27-34)48-45(47-43)38-25-24-36(33-22-18-28-10-4-5-14-32(28)26-33)42-41(38)37-16-8-9-17-40(37)49-42/h1-17,19-21,23-27H,18,22H2. The Morgan fingerprint density at radius 2 is 1.14 bits per heavy atom. The van der Waals surface area contributed by atoms with Gasteiger partial charge in [-0.15, -0.1) is 0 Å². The van der Waals surface area contributed by atoms with Gasteiger partial charge in [0, 0.05) is 33.0 Å². The van der Waals surface area contributed by atoms with Crippen LogP contribution in [0.4, 0.5) is 0 Å². The molecule has 4 nitrogen and oxygen atoms in total. The predicted molar refractivity (Wildman–Crippen MR) is 201 cm³/mol. The van der Waals surface area contributed by atoms with E-state index in [2.05, 4.69) is 121 Å². The normalized spacial score (nSPS) is 12.9. The number of para-hydroxylation sites is 1. The van der Waals surface area contributed by atoms with Crippen molar-refractivity contribution in [2.45, 2.75) is 12.8 Å². The number of hydrogen-bond donors (Lipinski definition) is 0. The van der Waals surface area contributed by atoms with Crippen molar-refractivity contribution >= 4 is 55.1 Å². The second-order valence-electron chi connectivity index (χ2n) is 12.7. The molecule has 0 amide bonds. The first-order valence-electron chi connectivity index (χ1n) is 16.7. The number of aryl methyl sites for hydroxylation is 1. The van der Waals surface area contributed by atoms with Gasteiger partial charge in [0.1, 0.15) is 11.2 Å². The van der Waals surface area contributed by atoms with Crippen LogP contribution in [0.2, 0.25) is 0 Å². The Hall–Kier alpha value is -6.39. The van der Waals surface area contributed by atoms with Crippen LogP contribution in [0.1, 0.15) is 23.1 Å². The lowest BCUT2D eigenvalue weighted by Crippen LogP contribution is -2.01. The second kappa shape index (κ2) is 11.1. The van der Waals surface area contributed by atoms with E-state index in [4.69, 9.17) is 19.4 Å². The van der Waals surface area contributed by atoms with Gasteiger partial charge in [-0.3, -0.25) is 0 Å². The van der Waals surface area contributed by atoms with Crippen LogP contribution in [0.25, 0.3) is 89.3 Å². The zero-order chi connectivity index (χ0) is 32.3. The van der Waals surface area contributed by atoms with Gasteiger partial charge in [0.15, 0.2) is 17.5 Å². The zero-order valence-corrected chi connectivity index (χ0v) is 26.6. The summed E-state index contributed by atoms with van der Waals surface area (Å²) in [6.07, 6.45) is 4.27. The SMILES string of the molecule is C1=C(c2ccc(-c3nc(-c4ccccc4)nc(-c4ccc5ccc6ccccc6c5c4)n3)c3c2oc2ccccc23)CCc2ccccc21. The second-order valence-corrected chi connectivity index (χ2v) is 12.7. The monoisotopic (exact) mass is 627 g/mol. The molecule has 0 spiro atoms. The number of aromatic nitrogens is 3. The van der Waals surface area contributed by atoms with Crippen molar-refractivity contribution in [3.8, 4) is 34.2 Å². The van der Waals surface area contributed by atoms with Gasteiger partial charge in [0.2, 0.25) is 0 Å². The molecule has 230 valence electrons. The summed E-state index contributed by atoms with van der Waals surface area (Å²) in [6, 6.07) is 50.8. The number of benzene rings is 7. The first-order valence-corrected chi connectivity index (χ1v) is 16.7. The lowest BCUT2D eigenvalue weighted by molar-refractivity contribution is 0.667. The average molecular weight is 628 g/mol. The zero-order valence-electron chi connectivity index (χ0n) is 26.6. The molecule has 49 heavy (non-hydrogen) atoms. The summed E-state index contributed by atoms with van der Waals surface area (Å²) in [5.41, 5.74) is 9.57. The molecule has 0 saturated heterocycles. The average Bonchev–Trinajstić information content (AvgIpc) is 3.57. The van der Waals surface area contributed by atoms with Gasteiger partial charge < -0.3 is 4.42 Å². The number of fused-ring (bicyclic) bond motifs is 7. The molecule has 0 unspecified atom stereocenters. The third-order valence-electron chi connectivity index (χ3n) is 9.83. The summed E-state index contributed by atoms with van der Waals surface area (Å²) < 4.78 is 6.69. The summed E-state index contributed by atoms with van der Waals surface area (Å²) >= 11 is 0. The van der Waals surface area contributed by atoms with Crippen LogP contribution in [-0.4, -0.2) is 15.0 Å². The van der Waals surface area contributed by atoms with Crippen LogP contribution in [0.5, 0.6) is 0 Å². The van der Waals surface area contributed by atoms with E-state index in [9.17, 15) is 0 Å². The molecule has 0 radical (unpaired) electrons. The predicted octanol–water partition coefficient (Wildman–Crippen LogP) is 11.6. The minimum absolute atomic E-state index is 0.618. The van der Waals surface area contributed by atoms with Crippen LogP contribution in [0.15, 0.2) is 150 Å². The Morgan fingerprint density at radius 3 is 2.04 bits per heavy atom. The van der Waals surface area contributed by atoms with Gasteiger partial charge in [-0.05, 0) is 69.3 Å². The molecule has 9 aromatic rings. The molecule has 1 aliphatic carbocycles. The van der Waals surface area contributed by atoms with Crippen molar-refractivity contribution in [1.29, 1.82) is 0 Å². The maximum Gasteiger partial charge on any atom is 0.164 e. The van der Waals surface area contributed by atoms with Crippen LogP contribution < -0.4 is 0 Å². The molecule has 0 saturated carbocycles. The Bertz CT molecular complexity index is 2780. The van der Waals surface area contributed by atoms with E-state index in [1.54, 1.807) is 0 Å². The van der Waals surface area contributed by atoms with Gasteiger partial charge in [-0.1, -0.05) is 133 Å². The fraction of sp³-hybridized carbons (Fsp3) is 0.0444. The fourth-order valence-electron chi connectivity index (χ4n) is 7.39. The van der Waals surface area contributed by atoms with Crippen molar-refractivity contribution in [2.75, 3.05) is 0 Å². The first kappa shape index (κ1) is 27.7. The molecule has 0 N–H and O–H groups in total. The van der Waals surface area contributed by atoms with Crippen molar-refractivity contribution < 1.29 is 4.42 Å². The van der Waals surface area contributed by atoms with E-state index >= 15 is 0 Å². The van der Waals surface area contributed by atoms with Gasteiger partial charge in [0.25, 0.3) is 0 Å². The number of rotatable bonds is 4. The third kappa shape index (κ3) is 4.64. The summed E-state index contributed by atoms with van der Waals surface area (Å²) in [4.78, 5) is 15.4. The quantitative estimate of drug-likeness (QED) is 0.182. The highest BCUT2D eigenvalue weighted by Crippen LogP contribution is 2.42. The number of nitrogens with zero attached hydrogens (tertiary/aromatic N) is 3. The minimum Gasteiger partial charge on any atom is -0.455 e. The summed E-state index contributed by atoms with van der Waals surface area (Å²) in [6.45, 7) is 0. The highest BCUT2D eigenvalue weighted by Gasteiger charge is 2.22. The number of furan rings is 1. The molecule has 7 aromatic carbocycles. The van der Waals surface area contributed by atoms with Crippen LogP contribution in [0.3, 0.4) is 0 Å². The van der Waals surface area contributed by atoms with Crippen molar-refractivity contribution in [2.24, 2.45) is 0 Å². The van der Waals surface area contributed by atoms with Crippen molar-refractivity contribution in [1.82, 2.24) is 15.0 Å². The number of allylic oxidation sites excluding steroid dienone is 1. The summed E-state index contributed by atoms with van der Waals surface area (Å²) in [5.74, 6) is 1.89. The largest absolute Gasteiger partial charge is 0.455 e. The minimum atomic E-state index is 0.618. The Morgan fingerprint density at radius 1 is 0.469 bits per heavy atom. The topological polar surface area (TPSA) is 51.8 Å². The summed E-state index contributed by atoms with van der Waals surface area (Å²) in [7, 11) is 0. The van der Waals surface area contributed by atoms with Crippen molar-refractivity contribution in [3.63, 3.8) is 0 Å². The lowest BCUT2D eigenvalue weighted by atomic mass is 9.87. The number of hydrogen-bond acceptors (Lipinski definition) is 4. The Labute approximate surface area is 283 Å². The Balaban J connectivity index is 1.22. The molecule has 0 aliphatic heterocycles. The highest BCUT2D eigenvalue weighted by molar-refractivity contribution is 6.15. The van der Waals surface area contributed by atoms with Gasteiger partial charge in [-0.2, -0.15) is 0 Å². The van der Waals surface area contributed by atoms with Crippen molar-refractivity contribution in [3.05, 3.63) is 162 Å². The van der Waals surface area contributed by atoms with E-state index in [0.29, 0.717) is 17.5 Å². The molecule has 2 heterocycles. The highest BCUT2D eigenvalue weighted by atomic mass is 16.3. The van der Waals surface area contributed by atoms with E-state index in [1.807, 2.05) is 30.3 Å². The van der Waals surface area contributed by atoms with Crippen LogP contribution in [-0.2, 0) is 6.42 Å². The lowest BCUT2D eigenvalue weighted by Gasteiger charge is -2.17. The van der Waals surface area contributed by atoms with Crippen LogP contribution >= 0.6 is 0 Å². The van der Waals surface area contributed by atoms with Gasteiger partial charge in [0.05, 0.1) is 0 Å². The third-order valence-corrected chi connectivity index (χ3v) is 9.83.